The molecule has 2 amide bonds. The zero-order valence-electron chi connectivity index (χ0n) is 11.7. The Morgan fingerprint density at radius 3 is 2.43 bits per heavy atom. The highest BCUT2D eigenvalue weighted by atomic mass is 16.2. The second-order valence-corrected chi connectivity index (χ2v) is 4.56. The molecule has 0 bridgehead atoms. The highest BCUT2D eigenvalue weighted by molar-refractivity contribution is 5.93. The third kappa shape index (κ3) is 5.02. The molecule has 0 saturated carbocycles. The third-order valence-electron chi connectivity index (χ3n) is 2.72. The average molecular weight is 284 g/mol. The lowest BCUT2D eigenvalue weighted by Crippen LogP contribution is -2.13. The van der Waals surface area contributed by atoms with Crippen molar-refractivity contribution < 1.29 is 9.59 Å². The van der Waals surface area contributed by atoms with Crippen molar-refractivity contribution in [2.45, 2.75) is 19.8 Å². The van der Waals surface area contributed by atoms with Crippen molar-refractivity contribution in [3.8, 4) is 0 Å². The number of nitrogens with zero attached hydrogens (tertiary/aromatic N) is 2. The van der Waals surface area contributed by atoms with Crippen molar-refractivity contribution >= 4 is 23.2 Å². The largest absolute Gasteiger partial charge is 0.326 e. The molecule has 0 aliphatic carbocycles. The Kier molecular flexibility index (Phi) is 4.98. The van der Waals surface area contributed by atoms with E-state index >= 15 is 0 Å². The van der Waals surface area contributed by atoms with E-state index in [0.717, 1.165) is 5.56 Å². The first-order valence-electron chi connectivity index (χ1n) is 6.55. The second kappa shape index (κ2) is 7.14. The van der Waals surface area contributed by atoms with Crippen LogP contribution < -0.4 is 10.6 Å². The van der Waals surface area contributed by atoms with Gasteiger partial charge in [-0.25, -0.2) is 9.97 Å². The molecule has 1 aromatic carbocycles. The molecule has 108 valence electrons. The molecule has 0 saturated heterocycles. The summed E-state index contributed by atoms with van der Waals surface area (Å²) in [7, 11) is 0. The van der Waals surface area contributed by atoms with Crippen LogP contribution in [0.2, 0.25) is 0 Å². The minimum Gasteiger partial charge on any atom is -0.326 e. The van der Waals surface area contributed by atoms with Crippen LogP contribution in [0.15, 0.2) is 43.0 Å². The van der Waals surface area contributed by atoms with Crippen LogP contribution in [0.4, 0.5) is 11.4 Å². The second-order valence-electron chi connectivity index (χ2n) is 4.56. The van der Waals surface area contributed by atoms with Gasteiger partial charge in [-0.2, -0.15) is 0 Å². The molecule has 0 spiro atoms. The molecule has 1 aromatic heterocycles. The molecule has 2 rings (SSSR count). The third-order valence-corrected chi connectivity index (χ3v) is 2.72. The molecule has 0 aliphatic heterocycles. The van der Waals surface area contributed by atoms with Crippen LogP contribution in [0.5, 0.6) is 0 Å². The first-order valence-corrected chi connectivity index (χ1v) is 6.55. The summed E-state index contributed by atoms with van der Waals surface area (Å²) < 4.78 is 0. The van der Waals surface area contributed by atoms with Gasteiger partial charge in [0.25, 0.3) is 0 Å². The summed E-state index contributed by atoms with van der Waals surface area (Å²) in [6, 6.07) is 7.02. The molecule has 21 heavy (non-hydrogen) atoms. The van der Waals surface area contributed by atoms with Crippen LogP contribution in [0.1, 0.15) is 18.9 Å². The Morgan fingerprint density at radius 2 is 1.76 bits per heavy atom. The Balaban J connectivity index is 1.89. The van der Waals surface area contributed by atoms with E-state index in [4.69, 9.17) is 0 Å². The van der Waals surface area contributed by atoms with Crippen LogP contribution in [0.3, 0.4) is 0 Å². The molecule has 6 heteroatoms. The van der Waals surface area contributed by atoms with E-state index in [-0.39, 0.29) is 11.8 Å². The molecule has 0 aliphatic rings. The Bertz CT molecular complexity index is 629. The van der Waals surface area contributed by atoms with Crippen molar-refractivity contribution in [1.29, 1.82) is 0 Å². The number of carbonyl (C=O) groups is 2. The summed E-state index contributed by atoms with van der Waals surface area (Å²) >= 11 is 0. The van der Waals surface area contributed by atoms with Crippen LogP contribution in [-0.2, 0) is 16.0 Å². The lowest BCUT2D eigenvalue weighted by molar-refractivity contribution is -0.116. The topological polar surface area (TPSA) is 84.0 Å². The van der Waals surface area contributed by atoms with Crippen LogP contribution in [0.25, 0.3) is 0 Å². The molecule has 0 unspecified atom stereocenters. The van der Waals surface area contributed by atoms with Crippen LogP contribution in [-0.4, -0.2) is 21.8 Å². The summed E-state index contributed by atoms with van der Waals surface area (Å²) in [5.41, 5.74) is 2.21. The fraction of sp³-hybridized carbons (Fsp3) is 0.200. The number of rotatable bonds is 5. The number of nitrogens with one attached hydrogen (secondary N) is 2. The Hall–Kier alpha value is -2.76. The number of aromatic nitrogens is 2. The molecule has 2 N–H and O–H groups in total. The van der Waals surface area contributed by atoms with Crippen molar-refractivity contribution in [2.24, 2.45) is 0 Å². The predicted octanol–water partition coefficient (Wildman–Crippen LogP) is 2.01. The van der Waals surface area contributed by atoms with E-state index in [2.05, 4.69) is 20.6 Å². The number of carbonyl (C=O) groups excluding carboxylic acids is 2. The summed E-state index contributed by atoms with van der Waals surface area (Å²) in [5.74, 6) is -0.249. The van der Waals surface area contributed by atoms with Crippen molar-refractivity contribution in [3.63, 3.8) is 0 Å². The lowest BCUT2D eigenvalue weighted by Gasteiger charge is -2.07. The molecule has 2 aromatic rings. The summed E-state index contributed by atoms with van der Waals surface area (Å²) in [5, 5.41) is 5.46. The average Bonchev–Trinajstić information content (AvgIpc) is 2.46. The molecule has 1 heterocycles. The van der Waals surface area contributed by atoms with Gasteiger partial charge >= 0.3 is 0 Å². The Labute approximate surface area is 122 Å². The SMILES string of the molecule is CC(=O)Nc1cccc(NC(=O)CCc2cncnc2)c1. The van der Waals surface area contributed by atoms with Gasteiger partial charge in [0.1, 0.15) is 6.33 Å². The molecule has 6 nitrogen and oxygen atoms in total. The van der Waals surface area contributed by atoms with Crippen LogP contribution >= 0.6 is 0 Å². The lowest BCUT2D eigenvalue weighted by atomic mass is 10.2. The predicted molar refractivity (Wildman–Crippen MR) is 79.7 cm³/mol. The normalized spacial score (nSPS) is 9.95. The van der Waals surface area contributed by atoms with Crippen molar-refractivity contribution in [2.75, 3.05) is 10.6 Å². The van der Waals surface area contributed by atoms with Gasteiger partial charge in [0.15, 0.2) is 0 Å². The maximum absolute atomic E-state index is 11.9. The minimum atomic E-state index is -0.150. The highest BCUT2D eigenvalue weighted by Gasteiger charge is 2.04. The van der Waals surface area contributed by atoms with E-state index in [1.165, 1.54) is 13.3 Å². The number of hydrogen-bond donors (Lipinski definition) is 2. The zero-order chi connectivity index (χ0) is 15.1. The van der Waals surface area contributed by atoms with E-state index in [1.54, 1.807) is 36.7 Å². The van der Waals surface area contributed by atoms with Gasteiger partial charge in [-0.05, 0) is 30.2 Å². The molecule has 0 fully saturated rings. The van der Waals surface area contributed by atoms with Gasteiger partial charge in [-0.15, -0.1) is 0 Å². The Morgan fingerprint density at radius 1 is 1.10 bits per heavy atom. The minimum absolute atomic E-state index is 0.0983. The maximum atomic E-state index is 11.9. The van der Waals surface area contributed by atoms with Gasteiger partial charge in [-0.1, -0.05) is 6.07 Å². The van der Waals surface area contributed by atoms with Gasteiger partial charge < -0.3 is 10.6 Å². The number of amides is 2. The summed E-state index contributed by atoms with van der Waals surface area (Å²) in [6.45, 7) is 1.44. The molecular weight excluding hydrogens is 268 g/mol. The van der Waals surface area contributed by atoms with E-state index < -0.39 is 0 Å². The van der Waals surface area contributed by atoms with Gasteiger partial charge in [0.2, 0.25) is 11.8 Å². The van der Waals surface area contributed by atoms with Gasteiger partial charge in [0, 0.05) is 37.1 Å². The fourth-order valence-corrected chi connectivity index (χ4v) is 1.82. The summed E-state index contributed by atoms with van der Waals surface area (Å²) in [4.78, 5) is 30.7. The fourth-order valence-electron chi connectivity index (χ4n) is 1.82. The first kappa shape index (κ1) is 14.6. The standard InChI is InChI=1S/C15H16N4O2/c1-11(20)18-13-3-2-4-14(7-13)19-15(21)6-5-12-8-16-10-17-9-12/h2-4,7-10H,5-6H2,1H3,(H,18,20)(H,19,21). The smallest absolute Gasteiger partial charge is 0.224 e. The number of hydrogen-bond acceptors (Lipinski definition) is 4. The molecular formula is C15H16N4O2. The van der Waals surface area contributed by atoms with Crippen LogP contribution in [0, 0.1) is 0 Å². The number of benzene rings is 1. The van der Waals surface area contributed by atoms with Gasteiger partial charge in [0.05, 0.1) is 0 Å². The first-order chi connectivity index (χ1) is 10.1. The molecule has 0 atom stereocenters. The van der Waals surface area contributed by atoms with Crippen molar-refractivity contribution in [1.82, 2.24) is 9.97 Å². The number of anilines is 2. The molecule has 0 radical (unpaired) electrons. The van der Waals surface area contributed by atoms with Crippen molar-refractivity contribution in [3.05, 3.63) is 48.5 Å². The maximum Gasteiger partial charge on any atom is 0.224 e. The number of aryl methyl sites for hydroxylation is 1. The van der Waals surface area contributed by atoms with Gasteiger partial charge in [-0.3, -0.25) is 9.59 Å². The zero-order valence-corrected chi connectivity index (χ0v) is 11.7. The van der Waals surface area contributed by atoms with E-state index in [1.807, 2.05) is 0 Å². The van der Waals surface area contributed by atoms with E-state index in [0.29, 0.717) is 24.2 Å². The summed E-state index contributed by atoms with van der Waals surface area (Å²) in [6.07, 6.45) is 5.77. The quantitative estimate of drug-likeness (QED) is 0.879. The van der Waals surface area contributed by atoms with E-state index in [9.17, 15) is 9.59 Å². The highest BCUT2D eigenvalue weighted by Crippen LogP contribution is 2.15. The monoisotopic (exact) mass is 284 g/mol.